The third kappa shape index (κ3) is 2.39. The van der Waals surface area contributed by atoms with E-state index in [9.17, 15) is 23.1 Å². The molecule has 0 saturated heterocycles. The molecule has 8 heteroatoms. The third-order valence-electron chi connectivity index (χ3n) is 3.02. The van der Waals surface area contributed by atoms with Crippen LogP contribution in [0.5, 0.6) is 0 Å². The van der Waals surface area contributed by atoms with E-state index in [-0.39, 0.29) is 11.2 Å². The number of carboxylic acids is 1. The zero-order valence-corrected chi connectivity index (χ0v) is 10.9. The van der Waals surface area contributed by atoms with Gasteiger partial charge in [0, 0.05) is 11.8 Å². The number of halogens is 3. The Morgan fingerprint density at radius 3 is 2.41 bits per heavy atom. The highest BCUT2D eigenvalue weighted by Gasteiger charge is 2.37. The number of nitrogens with zero attached hydrogens (tertiary/aromatic N) is 3. The van der Waals surface area contributed by atoms with E-state index in [0.717, 1.165) is 4.52 Å². The molecule has 2 aromatic heterocycles. The molecule has 0 unspecified atom stereocenters. The average molecular weight is 307 g/mol. The Morgan fingerprint density at radius 2 is 1.82 bits per heavy atom. The predicted molar refractivity (Wildman–Crippen MR) is 70.4 cm³/mol. The van der Waals surface area contributed by atoms with Crippen LogP contribution in [0.3, 0.4) is 0 Å². The van der Waals surface area contributed by atoms with E-state index in [4.69, 9.17) is 0 Å². The lowest BCUT2D eigenvalue weighted by atomic mass is 10.1. The molecule has 22 heavy (non-hydrogen) atoms. The van der Waals surface area contributed by atoms with Crippen LogP contribution in [0.2, 0.25) is 0 Å². The second-order valence-electron chi connectivity index (χ2n) is 4.51. The van der Waals surface area contributed by atoms with Crippen molar-refractivity contribution in [2.75, 3.05) is 0 Å². The number of hydrogen-bond acceptors (Lipinski definition) is 3. The largest absolute Gasteiger partial charge is 0.478 e. The molecule has 2 heterocycles. The maximum absolute atomic E-state index is 12.7. The van der Waals surface area contributed by atoms with Crippen LogP contribution in [0.15, 0.2) is 42.6 Å². The Labute approximate surface area is 121 Å². The van der Waals surface area contributed by atoms with Crippen LogP contribution in [0.4, 0.5) is 13.2 Å². The summed E-state index contributed by atoms with van der Waals surface area (Å²) < 4.78 is 38.9. The molecule has 3 aromatic rings. The highest BCUT2D eigenvalue weighted by atomic mass is 19.4. The van der Waals surface area contributed by atoms with Crippen molar-refractivity contribution in [3.05, 3.63) is 54.0 Å². The van der Waals surface area contributed by atoms with Gasteiger partial charge in [-0.2, -0.15) is 13.2 Å². The molecule has 5 nitrogen and oxygen atoms in total. The van der Waals surface area contributed by atoms with Gasteiger partial charge in [-0.1, -0.05) is 30.3 Å². The van der Waals surface area contributed by atoms with E-state index in [0.29, 0.717) is 11.1 Å². The Balaban J connectivity index is 2.28. The minimum atomic E-state index is -4.74. The standard InChI is InChI=1S/C14H8F3N3O2/c15-14(16,17)13-18-11-10(12(21)22)6-9(7-20(11)19-13)8-4-2-1-3-5-8/h1-7H,(H,21,22). The number of carbonyl (C=O) groups is 1. The van der Waals surface area contributed by atoms with Gasteiger partial charge in [0.25, 0.3) is 5.82 Å². The molecule has 0 aliphatic carbocycles. The minimum absolute atomic E-state index is 0.343. The average Bonchev–Trinajstić information content (AvgIpc) is 2.91. The number of carboxylic acid groups (broad SMARTS) is 1. The summed E-state index contributed by atoms with van der Waals surface area (Å²) in [5, 5.41) is 12.5. The van der Waals surface area contributed by atoms with Gasteiger partial charge in [-0.3, -0.25) is 0 Å². The Bertz CT molecular complexity index is 857. The van der Waals surface area contributed by atoms with Crippen LogP contribution in [0.25, 0.3) is 16.8 Å². The lowest BCUT2D eigenvalue weighted by Gasteiger charge is -2.04. The van der Waals surface area contributed by atoms with Crippen LogP contribution < -0.4 is 0 Å². The van der Waals surface area contributed by atoms with Gasteiger partial charge in [-0.15, -0.1) is 5.10 Å². The predicted octanol–water partition coefficient (Wildman–Crippen LogP) is 3.11. The molecule has 0 aliphatic heterocycles. The summed E-state index contributed by atoms with van der Waals surface area (Å²) >= 11 is 0. The van der Waals surface area contributed by atoms with Crippen molar-refractivity contribution in [1.29, 1.82) is 0 Å². The van der Waals surface area contributed by atoms with Crippen molar-refractivity contribution in [3.63, 3.8) is 0 Å². The van der Waals surface area contributed by atoms with Crippen molar-refractivity contribution in [3.8, 4) is 11.1 Å². The number of aromatic carboxylic acids is 1. The molecule has 0 atom stereocenters. The molecular weight excluding hydrogens is 299 g/mol. The minimum Gasteiger partial charge on any atom is -0.478 e. The molecule has 0 radical (unpaired) electrons. The summed E-state index contributed by atoms with van der Waals surface area (Å²) in [6, 6.07) is 9.97. The van der Waals surface area contributed by atoms with Gasteiger partial charge < -0.3 is 5.11 Å². The molecule has 1 N–H and O–H groups in total. The third-order valence-corrected chi connectivity index (χ3v) is 3.02. The maximum Gasteiger partial charge on any atom is 0.453 e. The fourth-order valence-corrected chi connectivity index (χ4v) is 2.05. The van der Waals surface area contributed by atoms with Gasteiger partial charge in [-0.05, 0) is 11.6 Å². The first-order valence-electron chi connectivity index (χ1n) is 6.12. The van der Waals surface area contributed by atoms with Gasteiger partial charge in [0.15, 0.2) is 5.65 Å². The first-order chi connectivity index (χ1) is 10.4. The number of alkyl halides is 3. The highest BCUT2D eigenvalue weighted by molar-refractivity contribution is 5.95. The van der Waals surface area contributed by atoms with Crippen molar-refractivity contribution in [2.24, 2.45) is 0 Å². The van der Waals surface area contributed by atoms with E-state index in [1.807, 2.05) is 0 Å². The molecule has 0 fully saturated rings. The molecule has 0 amide bonds. The topological polar surface area (TPSA) is 67.5 Å². The second kappa shape index (κ2) is 4.83. The second-order valence-corrected chi connectivity index (χ2v) is 4.51. The van der Waals surface area contributed by atoms with E-state index < -0.39 is 18.0 Å². The first kappa shape index (κ1) is 14.1. The van der Waals surface area contributed by atoms with Crippen molar-refractivity contribution < 1.29 is 23.1 Å². The number of rotatable bonds is 2. The quantitative estimate of drug-likeness (QED) is 0.790. The number of benzene rings is 1. The molecule has 0 spiro atoms. The molecule has 1 aromatic carbocycles. The zero-order valence-electron chi connectivity index (χ0n) is 10.9. The summed E-state index contributed by atoms with van der Waals surface area (Å²) in [6.45, 7) is 0. The summed E-state index contributed by atoms with van der Waals surface area (Å²) in [7, 11) is 0. The zero-order chi connectivity index (χ0) is 15.9. The van der Waals surface area contributed by atoms with Crippen molar-refractivity contribution in [2.45, 2.75) is 6.18 Å². The first-order valence-corrected chi connectivity index (χ1v) is 6.12. The number of pyridine rings is 1. The maximum atomic E-state index is 12.7. The normalized spacial score (nSPS) is 11.8. The Morgan fingerprint density at radius 1 is 1.14 bits per heavy atom. The highest BCUT2D eigenvalue weighted by Crippen LogP contribution is 2.28. The van der Waals surface area contributed by atoms with Crippen LogP contribution in [0.1, 0.15) is 16.2 Å². The molecular formula is C14H8F3N3O2. The Hall–Kier alpha value is -2.90. The molecule has 112 valence electrons. The fourth-order valence-electron chi connectivity index (χ4n) is 2.05. The Kier molecular flexibility index (Phi) is 3.09. The van der Waals surface area contributed by atoms with Crippen LogP contribution in [-0.4, -0.2) is 25.7 Å². The molecule has 3 rings (SSSR count). The number of aromatic nitrogens is 3. The van der Waals surface area contributed by atoms with Crippen molar-refractivity contribution in [1.82, 2.24) is 14.6 Å². The van der Waals surface area contributed by atoms with E-state index in [1.165, 1.54) is 12.3 Å². The van der Waals surface area contributed by atoms with Gasteiger partial charge in [0.1, 0.15) is 5.56 Å². The lowest BCUT2D eigenvalue weighted by Crippen LogP contribution is -2.07. The van der Waals surface area contributed by atoms with Gasteiger partial charge in [0.2, 0.25) is 0 Å². The van der Waals surface area contributed by atoms with Crippen LogP contribution >= 0.6 is 0 Å². The molecule has 0 bridgehead atoms. The monoisotopic (exact) mass is 307 g/mol. The summed E-state index contributed by atoms with van der Waals surface area (Å²) in [5.74, 6) is -2.75. The smallest absolute Gasteiger partial charge is 0.453 e. The SMILES string of the molecule is O=C(O)c1cc(-c2ccccc2)cn2nc(C(F)(F)F)nc12. The summed E-state index contributed by atoms with van der Waals surface area (Å²) in [5.41, 5.74) is 0.406. The molecule has 0 saturated carbocycles. The van der Waals surface area contributed by atoms with Crippen molar-refractivity contribution >= 4 is 11.6 Å². The van der Waals surface area contributed by atoms with E-state index in [2.05, 4.69) is 10.1 Å². The summed E-state index contributed by atoms with van der Waals surface area (Å²) in [4.78, 5) is 14.6. The number of hydrogen-bond donors (Lipinski definition) is 1. The summed E-state index contributed by atoms with van der Waals surface area (Å²) in [6.07, 6.45) is -3.42. The molecule has 0 aliphatic rings. The van der Waals surface area contributed by atoms with Crippen LogP contribution in [0, 0.1) is 0 Å². The fraction of sp³-hybridized carbons (Fsp3) is 0.0714. The van der Waals surface area contributed by atoms with Gasteiger partial charge in [0.05, 0.1) is 0 Å². The lowest BCUT2D eigenvalue weighted by molar-refractivity contribution is -0.144. The van der Waals surface area contributed by atoms with Crippen LogP contribution in [-0.2, 0) is 6.18 Å². The van der Waals surface area contributed by atoms with E-state index >= 15 is 0 Å². The van der Waals surface area contributed by atoms with Gasteiger partial charge >= 0.3 is 12.1 Å². The van der Waals surface area contributed by atoms with Gasteiger partial charge in [-0.25, -0.2) is 14.3 Å². The number of fused-ring (bicyclic) bond motifs is 1. The van der Waals surface area contributed by atoms with E-state index in [1.54, 1.807) is 30.3 Å².